The van der Waals surface area contributed by atoms with Gasteiger partial charge >= 0.3 is 0 Å². The van der Waals surface area contributed by atoms with E-state index in [0.29, 0.717) is 23.0 Å². The molecule has 2 aliphatic rings. The largest absolute Gasteiger partial charge is 0.295 e. The van der Waals surface area contributed by atoms with Crippen LogP contribution in [-0.2, 0) is 4.79 Å². The van der Waals surface area contributed by atoms with E-state index < -0.39 is 0 Å². The Morgan fingerprint density at radius 3 is 2.62 bits per heavy atom. The van der Waals surface area contributed by atoms with Gasteiger partial charge in [0.15, 0.2) is 5.78 Å². The Bertz CT molecular complexity index is 326. The van der Waals surface area contributed by atoms with Gasteiger partial charge in [0.2, 0.25) is 0 Å². The summed E-state index contributed by atoms with van der Waals surface area (Å²) >= 11 is 0. The molecule has 2 aliphatic carbocycles. The zero-order valence-corrected chi connectivity index (χ0v) is 11.0. The van der Waals surface area contributed by atoms with Crippen molar-refractivity contribution in [1.82, 2.24) is 0 Å². The highest BCUT2D eigenvalue weighted by Crippen LogP contribution is 2.57. The molecule has 0 N–H and O–H groups in total. The van der Waals surface area contributed by atoms with E-state index in [1.807, 2.05) is 6.92 Å². The van der Waals surface area contributed by atoms with Crippen LogP contribution in [0.4, 0.5) is 0 Å². The first-order valence-corrected chi connectivity index (χ1v) is 6.67. The Balaban J connectivity index is 2.32. The first-order chi connectivity index (χ1) is 7.47. The molecule has 0 radical (unpaired) electrons. The fraction of sp³-hybridized carbons (Fsp3) is 0.800. The second-order valence-corrected chi connectivity index (χ2v) is 6.25. The highest BCUT2D eigenvalue weighted by molar-refractivity contribution is 5.96. The molecule has 16 heavy (non-hydrogen) atoms. The summed E-state index contributed by atoms with van der Waals surface area (Å²) in [5, 5.41) is 0. The second-order valence-electron chi connectivity index (χ2n) is 6.25. The number of allylic oxidation sites excluding steroid dienone is 2. The standard InChI is InChI=1S/C15H24O/c1-10(2)13-6-5-12(4)15(13)8-7-11(3)14(16)9-15/h7,10,12-13H,5-6,8-9H2,1-4H3/t12-,13+,15+/m1/s1. The van der Waals surface area contributed by atoms with Crippen molar-refractivity contribution in [2.75, 3.05) is 0 Å². The minimum absolute atomic E-state index is 0.296. The lowest BCUT2D eigenvalue weighted by Gasteiger charge is -2.42. The highest BCUT2D eigenvalue weighted by atomic mass is 16.1. The lowest BCUT2D eigenvalue weighted by molar-refractivity contribution is -0.120. The summed E-state index contributed by atoms with van der Waals surface area (Å²) in [5.74, 6) is 2.57. The van der Waals surface area contributed by atoms with E-state index in [0.717, 1.165) is 24.3 Å². The molecule has 0 aromatic rings. The smallest absolute Gasteiger partial charge is 0.158 e. The Labute approximate surface area is 99.3 Å². The van der Waals surface area contributed by atoms with Crippen LogP contribution < -0.4 is 0 Å². The summed E-state index contributed by atoms with van der Waals surface area (Å²) in [4.78, 5) is 12.0. The molecule has 0 aliphatic heterocycles. The van der Waals surface area contributed by atoms with Crippen molar-refractivity contribution in [3.8, 4) is 0 Å². The van der Waals surface area contributed by atoms with E-state index in [1.54, 1.807) is 0 Å². The molecule has 90 valence electrons. The molecule has 1 spiro atoms. The number of rotatable bonds is 1. The van der Waals surface area contributed by atoms with Crippen molar-refractivity contribution in [3.63, 3.8) is 0 Å². The number of carbonyl (C=O) groups excluding carboxylic acids is 1. The third kappa shape index (κ3) is 1.65. The topological polar surface area (TPSA) is 17.1 Å². The average Bonchev–Trinajstić information content (AvgIpc) is 2.51. The second kappa shape index (κ2) is 4.01. The predicted molar refractivity (Wildman–Crippen MR) is 67.2 cm³/mol. The molecule has 0 bridgehead atoms. The Kier molecular flexibility index (Phi) is 2.98. The number of hydrogen-bond donors (Lipinski definition) is 0. The van der Waals surface area contributed by atoms with Crippen molar-refractivity contribution in [1.29, 1.82) is 0 Å². The minimum atomic E-state index is 0.296. The van der Waals surface area contributed by atoms with Gasteiger partial charge in [-0.25, -0.2) is 0 Å². The quantitative estimate of drug-likeness (QED) is 0.653. The molecule has 1 heteroatoms. The maximum absolute atomic E-state index is 12.0. The van der Waals surface area contributed by atoms with E-state index in [9.17, 15) is 4.79 Å². The SMILES string of the molecule is CC1=CC[C@]2(CC1=O)[C@H](C)CC[C@H]2C(C)C. The van der Waals surface area contributed by atoms with Crippen molar-refractivity contribution in [3.05, 3.63) is 11.6 Å². The summed E-state index contributed by atoms with van der Waals surface area (Å²) in [6.07, 6.45) is 6.76. The molecule has 0 saturated heterocycles. The van der Waals surface area contributed by atoms with Crippen molar-refractivity contribution < 1.29 is 4.79 Å². The maximum atomic E-state index is 12.0. The summed E-state index contributed by atoms with van der Waals surface area (Å²) in [7, 11) is 0. The third-order valence-corrected chi connectivity index (χ3v) is 5.15. The Hall–Kier alpha value is -0.590. The van der Waals surface area contributed by atoms with E-state index in [4.69, 9.17) is 0 Å². The highest BCUT2D eigenvalue weighted by Gasteiger charge is 2.50. The van der Waals surface area contributed by atoms with Crippen LogP contribution in [0.25, 0.3) is 0 Å². The molecular weight excluding hydrogens is 196 g/mol. The van der Waals surface area contributed by atoms with Gasteiger partial charge in [-0.05, 0) is 54.9 Å². The lowest BCUT2D eigenvalue weighted by Crippen LogP contribution is -2.38. The Morgan fingerprint density at radius 1 is 1.38 bits per heavy atom. The van der Waals surface area contributed by atoms with Crippen LogP contribution in [-0.4, -0.2) is 5.78 Å². The average molecular weight is 220 g/mol. The first kappa shape index (κ1) is 11.9. The lowest BCUT2D eigenvalue weighted by atomic mass is 9.61. The first-order valence-electron chi connectivity index (χ1n) is 6.67. The van der Waals surface area contributed by atoms with Gasteiger partial charge in [0.1, 0.15) is 0 Å². The molecule has 0 aromatic carbocycles. The van der Waals surface area contributed by atoms with E-state index in [2.05, 4.69) is 26.8 Å². The zero-order chi connectivity index (χ0) is 11.9. The van der Waals surface area contributed by atoms with Crippen LogP contribution in [0.15, 0.2) is 11.6 Å². The normalized spacial score (nSPS) is 39.6. The molecule has 1 fully saturated rings. The number of Topliss-reactive ketones (excluding diaryl/α,β-unsaturated/α-hetero) is 1. The van der Waals surface area contributed by atoms with Crippen LogP contribution in [0.2, 0.25) is 0 Å². The molecule has 1 nitrogen and oxygen atoms in total. The molecule has 2 rings (SSSR count). The molecule has 0 unspecified atom stereocenters. The predicted octanol–water partition coefficient (Wildman–Crippen LogP) is 3.98. The molecular formula is C15H24O. The van der Waals surface area contributed by atoms with Crippen LogP contribution in [0.1, 0.15) is 53.4 Å². The summed E-state index contributed by atoms with van der Waals surface area (Å²) in [5.41, 5.74) is 1.29. The Morgan fingerprint density at radius 2 is 2.06 bits per heavy atom. The molecule has 3 atom stereocenters. The van der Waals surface area contributed by atoms with Gasteiger partial charge in [-0.15, -0.1) is 0 Å². The third-order valence-electron chi connectivity index (χ3n) is 5.15. The maximum Gasteiger partial charge on any atom is 0.158 e. The summed E-state index contributed by atoms with van der Waals surface area (Å²) < 4.78 is 0. The summed E-state index contributed by atoms with van der Waals surface area (Å²) in [6.45, 7) is 8.96. The molecule has 0 amide bonds. The van der Waals surface area contributed by atoms with Gasteiger partial charge in [0.05, 0.1) is 0 Å². The van der Waals surface area contributed by atoms with Crippen molar-refractivity contribution >= 4 is 5.78 Å². The van der Waals surface area contributed by atoms with Crippen molar-refractivity contribution in [2.45, 2.75) is 53.4 Å². The van der Waals surface area contributed by atoms with Gasteiger partial charge in [-0.2, -0.15) is 0 Å². The fourth-order valence-corrected chi connectivity index (χ4v) is 3.99. The molecule has 1 saturated carbocycles. The molecule has 0 heterocycles. The number of carbonyl (C=O) groups is 1. The molecule has 0 aromatic heterocycles. The monoisotopic (exact) mass is 220 g/mol. The van der Waals surface area contributed by atoms with Gasteiger partial charge in [-0.3, -0.25) is 4.79 Å². The van der Waals surface area contributed by atoms with Gasteiger partial charge < -0.3 is 0 Å². The minimum Gasteiger partial charge on any atom is -0.295 e. The van der Waals surface area contributed by atoms with Gasteiger partial charge in [-0.1, -0.05) is 26.8 Å². The van der Waals surface area contributed by atoms with Crippen molar-refractivity contribution in [2.24, 2.45) is 23.2 Å². The van der Waals surface area contributed by atoms with E-state index in [-0.39, 0.29) is 0 Å². The van der Waals surface area contributed by atoms with E-state index >= 15 is 0 Å². The van der Waals surface area contributed by atoms with Crippen LogP contribution in [0.3, 0.4) is 0 Å². The zero-order valence-electron chi connectivity index (χ0n) is 11.0. The summed E-state index contributed by atoms with van der Waals surface area (Å²) in [6, 6.07) is 0. The van der Waals surface area contributed by atoms with Gasteiger partial charge in [0, 0.05) is 6.42 Å². The fourth-order valence-electron chi connectivity index (χ4n) is 3.99. The van der Waals surface area contributed by atoms with Gasteiger partial charge in [0.25, 0.3) is 0 Å². The number of ketones is 1. The van der Waals surface area contributed by atoms with E-state index in [1.165, 1.54) is 12.8 Å². The van der Waals surface area contributed by atoms with Crippen LogP contribution >= 0.6 is 0 Å². The number of hydrogen-bond acceptors (Lipinski definition) is 1. The van der Waals surface area contributed by atoms with Crippen LogP contribution in [0.5, 0.6) is 0 Å². The van der Waals surface area contributed by atoms with Crippen LogP contribution in [0, 0.1) is 23.2 Å².